The maximum Gasteiger partial charge on any atom is 0.242 e. The topological polar surface area (TPSA) is 78.7 Å². The number of rotatable bonds is 4. The number of nitrogens with zero attached hydrogens (tertiary/aromatic N) is 2. The van der Waals surface area contributed by atoms with Crippen LogP contribution in [0.5, 0.6) is 0 Å². The van der Waals surface area contributed by atoms with Crippen LogP contribution in [0, 0.1) is 0 Å². The Morgan fingerprint density at radius 3 is 2.67 bits per heavy atom. The van der Waals surface area contributed by atoms with Crippen molar-refractivity contribution < 1.29 is 8.42 Å². The molecule has 1 fully saturated rings. The monoisotopic (exact) mass is 312 g/mol. The summed E-state index contributed by atoms with van der Waals surface area (Å²) in [5, 5.41) is 0. The molecule has 7 heteroatoms. The lowest BCUT2D eigenvalue weighted by Gasteiger charge is -2.37. The van der Waals surface area contributed by atoms with Gasteiger partial charge in [0.15, 0.2) is 0 Å². The van der Waals surface area contributed by atoms with Crippen molar-refractivity contribution in [3.63, 3.8) is 0 Å². The lowest BCUT2D eigenvalue weighted by atomic mass is 10.0. The van der Waals surface area contributed by atoms with E-state index >= 15 is 0 Å². The quantitative estimate of drug-likeness (QED) is 0.801. The van der Waals surface area contributed by atoms with Crippen LogP contribution >= 0.6 is 0 Å². The van der Waals surface area contributed by atoms with Gasteiger partial charge < -0.3 is 15.5 Å². The highest BCUT2D eigenvalue weighted by atomic mass is 32.2. The van der Waals surface area contributed by atoms with E-state index in [0.29, 0.717) is 6.04 Å². The Balaban J connectivity index is 2.24. The second-order valence-electron chi connectivity index (χ2n) is 5.64. The van der Waals surface area contributed by atoms with Gasteiger partial charge in [0, 0.05) is 24.8 Å². The highest BCUT2D eigenvalue weighted by Gasteiger charge is 2.23. The Morgan fingerprint density at radius 1 is 1.38 bits per heavy atom. The zero-order valence-corrected chi connectivity index (χ0v) is 13.7. The lowest BCUT2D eigenvalue weighted by molar-refractivity contribution is 0.258. The Labute approximate surface area is 127 Å². The molecule has 1 heterocycles. The molecule has 0 spiro atoms. The molecule has 1 aromatic rings. The van der Waals surface area contributed by atoms with E-state index in [9.17, 15) is 8.42 Å². The van der Waals surface area contributed by atoms with Gasteiger partial charge in [-0.1, -0.05) is 0 Å². The number of piperidine rings is 1. The van der Waals surface area contributed by atoms with Crippen LogP contribution in [0.25, 0.3) is 0 Å². The van der Waals surface area contributed by atoms with E-state index in [2.05, 4.69) is 28.6 Å². The molecular weight excluding hydrogens is 288 g/mol. The molecule has 1 atom stereocenters. The molecule has 1 unspecified atom stereocenters. The first kappa shape index (κ1) is 16.1. The normalized spacial score (nSPS) is 20.0. The minimum Gasteiger partial charge on any atom is -0.398 e. The highest BCUT2D eigenvalue weighted by Crippen LogP contribution is 2.27. The summed E-state index contributed by atoms with van der Waals surface area (Å²) >= 11 is 0. The molecule has 6 nitrogen and oxygen atoms in total. The fourth-order valence-corrected chi connectivity index (χ4v) is 3.53. The van der Waals surface area contributed by atoms with E-state index in [0.717, 1.165) is 25.2 Å². The molecule has 1 aromatic carbocycles. The SMILES string of the molecule is CNS(=O)(=O)c1ccc(N2CCCC(N(C)C)C2)cc1N. The summed E-state index contributed by atoms with van der Waals surface area (Å²) in [4.78, 5) is 4.63. The van der Waals surface area contributed by atoms with E-state index in [1.807, 2.05) is 6.07 Å². The van der Waals surface area contributed by atoms with Crippen LogP contribution in [-0.4, -0.2) is 53.6 Å². The molecule has 0 aliphatic carbocycles. The fourth-order valence-electron chi connectivity index (χ4n) is 2.70. The molecule has 0 amide bonds. The third-order valence-corrected chi connectivity index (χ3v) is 5.53. The van der Waals surface area contributed by atoms with Crippen molar-refractivity contribution in [2.24, 2.45) is 0 Å². The third kappa shape index (κ3) is 3.48. The van der Waals surface area contributed by atoms with Gasteiger partial charge in [0.1, 0.15) is 4.90 Å². The average molecular weight is 312 g/mol. The molecule has 3 N–H and O–H groups in total. The minimum absolute atomic E-state index is 0.134. The summed E-state index contributed by atoms with van der Waals surface area (Å²) in [6.45, 7) is 1.91. The van der Waals surface area contributed by atoms with E-state index in [1.165, 1.54) is 13.5 Å². The number of nitrogens with one attached hydrogen (secondary N) is 1. The minimum atomic E-state index is -3.50. The lowest BCUT2D eigenvalue weighted by Crippen LogP contribution is -2.45. The predicted molar refractivity (Wildman–Crippen MR) is 86.0 cm³/mol. The molecule has 0 saturated carbocycles. The van der Waals surface area contributed by atoms with Crippen LogP contribution in [0.1, 0.15) is 12.8 Å². The zero-order valence-electron chi connectivity index (χ0n) is 12.8. The van der Waals surface area contributed by atoms with Crippen LogP contribution in [0.3, 0.4) is 0 Å². The highest BCUT2D eigenvalue weighted by molar-refractivity contribution is 7.89. The fraction of sp³-hybridized carbons (Fsp3) is 0.571. The molecule has 2 rings (SSSR count). The van der Waals surface area contributed by atoms with Crippen molar-refractivity contribution in [2.75, 3.05) is 44.9 Å². The second-order valence-corrected chi connectivity index (χ2v) is 7.49. The van der Waals surface area contributed by atoms with Gasteiger partial charge in [-0.2, -0.15) is 0 Å². The standard InChI is InChI=1S/C14H24N4O2S/c1-16-21(19,20)14-7-6-11(9-13(14)15)18-8-4-5-12(10-18)17(2)3/h6-7,9,12,16H,4-5,8,10,15H2,1-3H3. The molecule has 1 aliphatic heterocycles. The first-order chi connectivity index (χ1) is 9.85. The van der Waals surface area contributed by atoms with Crippen LogP contribution in [0.15, 0.2) is 23.1 Å². The maximum atomic E-state index is 11.8. The van der Waals surface area contributed by atoms with Crippen molar-refractivity contribution in [2.45, 2.75) is 23.8 Å². The summed E-state index contributed by atoms with van der Waals surface area (Å²) in [5.41, 5.74) is 7.19. The summed E-state index contributed by atoms with van der Waals surface area (Å²) in [5.74, 6) is 0. The number of sulfonamides is 1. The molecule has 0 aromatic heterocycles. The van der Waals surface area contributed by atoms with E-state index in [-0.39, 0.29) is 10.6 Å². The van der Waals surface area contributed by atoms with Crippen LogP contribution in [0.2, 0.25) is 0 Å². The number of anilines is 2. The number of likely N-dealkylation sites (N-methyl/N-ethyl adjacent to an activating group) is 1. The second kappa shape index (κ2) is 6.21. The van der Waals surface area contributed by atoms with E-state index < -0.39 is 10.0 Å². The Bertz CT molecular complexity index is 601. The molecule has 118 valence electrons. The third-order valence-electron chi connectivity index (χ3n) is 4.04. The summed E-state index contributed by atoms with van der Waals surface area (Å²) in [7, 11) is 2.06. The maximum absolute atomic E-state index is 11.8. The predicted octanol–water partition coefficient (Wildman–Crippen LogP) is 0.707. The summed E-state index contributed by atoms with van der Waals surface area (Å²) < 4.78 is 26.0. The van der Waals surface area contributed by atoms with E-state index in [4.69, 9.17) is 5.73 Å². The smallest absolute Gasteiger partial charge is 0.242 e. The number of hydrogen-bond donors (Lipinski definition) is 2. The van der Waals surface area contributed by atoms with Gasteiger partial charge in [0.05, 0.1) is 5.69 Å². The van der Waals surface area contributed by atoms with Crippen molar-refractivity contribution in [3.8, 4) is 0 Å². The van der Waals surface area contributed by atoms with Gasteiger partial charge >= 0.3 is 0 Å². The first-order valence-electron chi connectivity index (χ1n) is 7.09. The van der Waals surface area contributed by atoms with Crippen molar-refractivity contribution in [1.29, 1.82) is 0 Å². The van der Waals surface area contributed by atoms with Crippen LogP contribution in [-0.2, 0) is 10.0 Å². The Hall–Kier alpha value is -1.31. The molecule has 0 bridgehead atoms. The van der Waals surface area contributed by atoms with Gasteiger partial charge in [-0.05, 0) is 52.2 Å². The first-order valence-corrected chi connectivity index (χ1v) is 8.58. The van der Waals surface area contributed by atoms with Crippen molar-refractivity contribution >= 4 is 21.4 Å². The number of benzene rings is 1. The molecule has 1 saturated heterocycles. The Kier molecular flexibility index (Phi) is 4.75. The summed E-state index contributed by atoms with van der Waals surface area (Å²) in [6.07, 6.45) is 2.31. The van der Waals surface area contributed by atoms with Crippen LogP contribution in [0.4, 0.5) is 11.4 Å². The molecular formula is C14H24N4O2S. The average Bonchev–Trinajstić information content (AvgIpc) is 2.47. The number of hydrogen-bond acceptors (Lipinski definition) is 5. The number of nitrogen functional groups attached to an aromatic ring is 1. The molecule has 1 aliphatic rings. The van der Waals surface area contributed by atoms with Gasteiger partial charge in [-0.25, -0.2) is 13.1 Å². The van der Waals surface area contributed by atoms with Gasteiger partial charge in [-0.15, -0.1) is 0 Å². The summed E-state index contributed by atoms with van der Waals surface area (Å²) in [6, 6.07) is 5.68. The zero-order chi connectivity index (χ0) is 15.6. The largest absolute Gasteiger partial charge is 0.398 e. The number of nitrogens with two attached hydrogens (primary N) is 1. The van der Waals surface area contributed by atoms with Crippen molar-refractivity contribution in [1.82, 2.24) is 9.62 Å². The van der Waals surface area contributed by atoms with E-state index in [1.54, 1.807) is 12.1 Å². The van der Waals surface area contributed by atoms with Gasteiger partial charge in [-0.3, -0.25) is 0 Å². The van der Waals surface area contributed by atoms with Gasteiger partial charge in [0.2, 0.25) is 10.0 Å². The van der Waals surface area contributed by atoms with Gasteiger partial charge in [0.25, 0.3) is 0 Å². The van der Waals surface area contributed by atoms with Crippen LogP contribution < -0.4 is 15.4 Å². The molecule has 0 radical (unpaired) electrons. The molecule has 21 heavy (non-hydrogen) atoms. The Morgan fingerprint density at radius 2 is 2.10 bits per heavy atom. The van der Waals surface area contributed by atoms with Crippen molar-refractivity contribution in [3.05, 3.63) is 18.2 Å².